The third kappa shape index (κ3) is 3.74. The van der Waals surface area contributed by atoms with Gasteiger partial charge in [-0.1, -0.05) is 12.1 Å². The van der Waals surface area contributed by atoms with E-state index in [4.69, 9.17) is 21.7 Å². The second-order valence-electron chi connectivity index (χ2n) is 5.59. The molecule has 4 nitrogen and oxygen atoms in total. The number of aromatic nitrogens is 2. The number of imidazole rings is 1. The molecule has 0 bridgehead atoms. The molecule has 0 spiro atoms. The van der Waals surface area contributed by atoms with Crippen LogP contribution in [0.4, 0.5) is 0 Å². The number of aromatic amines is 1. The number of benzene rings is 2. The smallest absolute Gasteiger partial charge is 0.178 e. The van der Waals surface area contributed by atoms with Crippen LogP contribution in [0.3, 0.4) is 0 Å². The highest BCUT2D eigenvalue weighted by Gasteiger charge is 2.04. The van der Waals surface area contributed by atoms with Gasteiger partial charge in [0.1, 0.15) is 18.1 Å². The van der Waals surface area contributed by atoms with Gasteiger partial charge in [-0.05, 0) is 62.5 Å². The number of hydrogen-bond donors (Lipinski definition) is 1. The quantitative estimate of drug-likeness (QED) is 0.674. The van der Waals surface area contributed by atoms with Crippen LogP contribution in [0.2, 0.25) is 0 Å². The molecule has 0 radical (unpaired) electrons. The Balaban J connectivity index is 1.62. The van der Waals surface area contributed by atoms with E-state index in [1.54, 1.807) is 0 Å². The van der Waals surface area contributed by atoms with Crippen molar-refractivity contribution in [3.63, 3.8) is 0 Å². The summed E-state index contributed by atoms with van der Waals surface area (Å²) in [7, 11) is 0. The monoisotopic (exact) mass is 328 g/mol. The van der Waals surface area contributed by atoms with E-state index in [9.17, 15) is 0 Å². The van der Waals surface area contributed by atoms with Crippen LogP contribution in [0.1, 0.15) is 13.8 Å². The predicted molar refractivity (Wildman–Crippen MR) is 94.8 cm³/mol. The summed E-state index contributed by atoms with van der Waals surface area (Å²) in [5.74, 6) is 1.68. The molecule has 0 saturated carbocycles. The van der Waals surface area contributed by atoms with Gasteiger partial charge in [0.15, 0.2) is 4.77 Å². The van der Waals surface area contributed by atoms with E-state index < -0.39 is 0 Å². The lowest BCUT2D eigenvalue weighted by Crippen LogP contribution is -2.08. The molecule has 3 rings (SSSR count). The molecule has 2 aromatic carbocycles. The Morgan fingerprint density at radius 1 is 1.04 bits per heavy atom. The Kier molecular flexibility index (Phi) is 4.67. The summed E-state index contributed by atoms with van der Waals surface area (Å²) in [6.07, 6.45) is 0.172. The van der Waals surface area contributed by atoms with Crippen molar-refractivity contribution in [2.24, 2.45) is 0 Å². The molecule has 0 aliphatic carbocycles. The van der Waals surface area contributed by atoms with Crippen LogP contribution in [-0.4, -0.2) is 22.3 Å². The standard InChI is InChI=1S/C18H20N2O2S/c1-13(2)22-15-9-7-14(8-10-15)21-12-11-20-17-6-4-3-5-16(17)19-18(20)23/h3-10,13H,11-12H2,1-2H3,(H,19,23). The molecule has 0 aliphatic heterocycles. The second kappa shape index (κ2) is 6.87. The summed E-state index contributed by atoms with van der Waals surface area (Å²) in [4.78, 5) is 3.21. The molecule has 0 fully saturated rings. The third-order valence-electron chi connectivity index (χ3n) is 3.46. The number of nitrogens with one attached hydrogen (secondary N) is 1. The van der Waals surface area contributed by atoms with Crippen LogP contribution in [0.5, 0.6) is 11.5 Å². The SMILES string of the molecule is CC(C)Oc1ccc(OCCn2c(=S)[nH]c3ccccc32)cc1. The fourth-order valence-corrected chi connectivity index (χ4v) is 2.77. The average molecular weight is 328 g/mol. The van der Waals surface area contributed by atoms with Gasteiger partial charge < -0.3 is 19.0 Å². The molecule has 5 heteroatoms. The molecule has 0 amide bonds. The lowest BCUT2D eigenvalue weighted by molar-refractivity contribution is 0.241. The molecular formula is C18H20N2O2S. The Hall–Kier alpha value is -2.27. The minimum absolute atomic E-state index is 0.172. The van der Waals surface area contributed by atoms with E-state index in [2.05, 4.69) is 15.6 Å². The minimum Gasteiger partial charge on any atom is -0.492 e. The molecule has 3 aromatic rings. The summed E-state index contributed by atoms with van der Waals surface area (Å²) < 4.78 is 14.2. The van der Waals surface area contributed by atoms with Crippen LogP contribution in [0, 0.1) is 4.77 Å². The van der Waals surface area contributed by atoms with Gasteiger partial charge in [0.05, 0.1) is 23.7 Å². The normalized spacial score (nSPS) is 11.1. The van der Waals surface area contributed by atoms with Crippen molar-refractivity contribution in [3.05, 3.63) is 53.3 Å². The van der Waals surface area contributed by atoms with E-state index in [1.165, 1.54) is 0 Å². The van der Waals surface area contributed by atoms with Crippen LogP contribution >= 0.6 is 12.2 Å². The number of hydrogen-bond acceptors (Lipinski definition) is 3. The molecule has 1 heterocycles. The zero-order valence-electron chi connectivity index (χ0n) is 13.3. The number of fused-ring (bicyclic) bond motifs is 1. The highest BCUT2D eigenvalue weighted by Crippen LogP contribution is 2.19. The first kappa shape index (κ1) is 15.6. The number of para-hydroxylation sites is 2. The number of nitrogens with zero attached hydrogens (tertiary/aromatic N) is 1. The van der Waals surface area contributed by atoms with Crippen molar-refractivity contribution >= 4 is 23.3 Å². The number of H-pyrrole nitrogens is 1. The summed E-state index contributed by atoms with van der Waals surface area (Å²) >= 11 is 5.38. The van der Waals surface area contributed by atoms with Crippen molar-refractivity contribution in [2.45, 2.75) is 26.5 Å². The van der Waals surface area contributed by atoms with Crippen molar-refractivity contribution in [2.75, 3.05) is 6.61 Å². The fraction of sp³-hybridized carbons (Fsp3) is 0.278. The molecule has 0 unspecified atom stereocenters. The van der Waals surface area contributed by atoms with Crippen molar-refractivity contribution in [1.82, 2.24) is 9.55 Å². The average Bonchev–Trinajstić information content (AvgIpc) is 2.84. The van der Waals surface area contributed by atoms with Crippen LogP contribution in [0.15, 0.2) is 48.5 Å². The molecule has 0 aliphatic rings. The van der Waals surface area contributed by atoms with Gasteiger partial charge in [-0.2, -0.15) is 0 Å². The van der Waals surface area contributed by atoms with Gasteiger partial charge in [-0.3, -0.25) is 0 Å². The first-order chi connectivity index (χ1) is 11.1. The summed E-state index contributed by atoms with van der Waals surface area (Å²) in [5, 5.41) is 0. The Bertz CT molecular complexity index is 834. The highest BCUT2D eigenvalue weighted by molar-refractivity contribution is 7.71. The van der Waals surface area contributed by atoms with Crippen LogP contribution in [0.25, 0.3) is 11.0 Å². The van der Waals surface area contributed by atoms with E-state index in [0.29, 0.717) is 13.2 Å². The summed E-state index contributed by atoms with van der Waals surface area (Å²) in [5.41, 5.74) is 2.15. The number of rotatable bonds is 6. The Labute approximate surface area is 140 Å². The van der Waals surface area contributed by atoms with Gasteiger partial charge in [0, 0.05) is 0 Å². The van der Waals surface area contributed by atoms with Crippen molar-refractivity contribution in [1.29, 1.82) is 0 Å². The maximum atomic E-state index is 5.81. The van der Waals surface area contributed by atoms with E-state index in [0.717, 1.165) is 27.3 Å². The van der Waals surface area contributed by atoms with E-state index in [1.807, 2.05) is 56.3 Å². The zero-order chi connectivity index (χ0) is 16.2. The fourth-order valence-electron chi connectivity index (χ4n) is 2.47. The van der Waals surface area contributed by atoms with Gasteiger partial charge >= 0.3 is 0 Å². The molecule has 23 heavy (non-hydrogen) atoms. The summed E-state index contributed by atoms with van der Waals surface area (Å²) in [6.45, 7) is 5.28. The molecule has 1 aromatic heterocycles. The molecule has 120 valence electrons. The lowest BCUT2D eigenvalue weighted by Gasteiger charge is -2.11. The highest BCUT2D eigenvalue weighted by atomic mass is 32.1. The zero-order valence-corrected chi connectivity index (χ0v) is 14.1. The number of ether oxygens (including phenoxy) is 2. The first-order valence-electron chi connectivity index (χ1n) is 7.70. The maximum absolute atomic E-state index is 5.81. The largest absolute Gasteiger partial charge is 0.492 e. The van der Waals surface area contributed by atoms with Gasteiger partial charge in [-0.15, -0.1) is 0 Å². The maximum Gasteiger partial charge on any atom is 0.178 e. The summed E-state index contributed by atoms with van der Waals surface area (Å²) in [6, 6.07) is 15.8. The van der Waals surface area contributed by atoms with Gasteiger partial charge in [0.2, 0.25) is 0 Å². The molecule has 1 N–H and O–H groups in total. The molecule has 0 atom stereocenters. The topological polar surface area (TPSA) is 39.2 Å². The molecule has 0 saturated heterocycles. The van der Waals surface area contributed by atoms with Crippen molar-refractivity contribution < 1.29 is 9.47 Å². The lowest BCUT2D eigenvalue weighted by atomic mass is 10.3. The van der Waals surface area contributed by atoms with Crippen LogP contribution < -0.4 is 9.47 Å². The van der Waals surface area contributed by atoms with Crippen LogP contribution in [-0.2, 0) is 6.54 Å². The first-order valence-corrected chi connectivity index (χ1v) is 8.11. The van der Waals surface area contributed by atoms with E-state index in [-0.39, 0.29) is 6.10 Å². The van der Waals surface area contributed by atoms with Gasteiger partial charge in [-0.25, -0.2) is 0 Å². The Morgan fingerprint density at radius 3 is 2.48 bits per heavy atom. The van der Waals surface area contributed by atoms with Gasteiger partial charge in [0.25, 0.3) is 0 Å². The van der Waals surface area contributed by atoms with E-state index >= 15 is 0 Å². The second-order valence-corrected chi connectivity index (χ2v) is 5.97. The Morgan fingerprint density at radius 2 is 1.74 bits per heavy atom. The predicted octanol–water partition coefficient (Wildman–Crippen LogP) is 4.57. The molecular weight excluding hydrogens is 308 g/mol. The van der Waals surface area contributed by atoms with Crippen molar-refractivity contribution in [3.8, 4) is 11.5 Å². The minimum atomic E-state index is 0.172. The third-order valence-corrected chi connectivity index (χ3v) is 3.78.